The van der Waals surface area contributed by atoms with E-state index in [0.29, 0.717) is 37.9 Å². The number of allylic oxidation sites excluding steroid dienone is 1. The fraction of sp³-hybridized carbons (Fsp3) is 0.636. The lowest BCUT2D eigenvalue weighted by atomic mass is 10.0. The molecule has 0 N–H and O–H groups in total. The molecule has 0 aromatic heterocycles. The van der Waals surface area contributed by atoms with Gasteiger partial charge in [0.25, 0.3) is 0 Å². The molecule has 1 aromatic rings. The summed E-state index contributed by atoms with van der Waals surface area (Å²) in [5.41, 5.74) is 0.657. The number of alkyl halides is 3. The third kappa shape index (κ3) is 7.58. The van der Waals surface area contributed by atoms with Gasteiger partial charge in [-0.05, 0) is 31.4 Å². The first kappa shape index (κ1) is 23.1. The largest absolute Gasteiger partial charge is 0.573 e. The number of hydrogen-bond donors (Lipinski definition) is 0. The van der Waals surface area contributed by atoms with E-state index in [9.17, 15) is 13.2 Å². The van der Waals surface area contributed by atoms with E-state index >= 15 is 0 Å². The number of benzene rings is 1. The predicted octanol–water partition coefficient (Wildman–Crippen LogP) is 5.37. The molecule has 1 aromatic carbocycles. The summed E-state index contributed by atoms with van der Waals surface area (Å²) in [7, 11) is 0. The molecule has 5 nitrogen and oxygen atoms in total. The lowest BCUT2D eigenvalue weighted by Crippen LogP contribution is -2.33. The summed E-state index contributed by atoms with van der Waals surface area (Å²) in [4.78, 5) is 0. The number of halogens is 3. The third-order valence-corrected chi connectivity index (χ3v) is 5.02. The van der Waals surface area contributed by atoms with E-state index < -0.39 is 12.7 Å². The average Bonchev–Trinajstić information content (AvgIpc) is 2.73. The molecule has 0 atom stereocenters. The lowest BCUT2D eigenvalue weighted by Gasteiger charge is -2.32. The van der Waals surface area contributed by atoms with Crippen molar-refractivity contribution in [1.29, 1.82) is 0 Å². The monoisotopic (exact) mass is 430 g/mol. The Morgan fingerprint density at radius 2 is 1.63 bits per heavy atom. The molecular formula is C22H29F3O5. The molecule has 0 saturated carbocycles. The van der Waals surface area contributed by atoms with Gasteiger partial charge in [-0.2, -0.15) is 0 Å². The smallest absolute Gasteiger partial charge is 0.406 e. The second-order valence-corrected chi connectivity index (χ2v) is 7.63. The maximum atomic E-state index is 12.2. The first-order chi connectivity index (χ1) is 14.4. The highest BCUT2D eigenvalue weighted by Gasteiger charge is 2.31. The Hall–Kier alpha value is -1.61. The van der Waals surface area contributed by atoms with Gasteiger partial charge >= 0.3 is 6.36 Å². The van der Waals surface area contributed by atoms with Gasteiger partial charge in [0.15, 0.2) is 12.6 Å². The maximum Gasteiger partial charge on any atom is 0.573 e. The molecule has 0 unspecified atom stereocenters. The van der Waals surface area contributed by atoms with E-state index in [0.717, 1.165) is 25.7 Å². The molecule has 0 bridgehead atoms. The van der Waals surface area contributed by atoms with Gasteiger partial charge in [0.2, 0.25) is 0 Å². The van der Waals surface area contributed by atoms with Crippen LogP contribution < -0.4 is 4.74 Å². The molecule has 0 amide bonds. The van der Waals surface area contributed by atoms with Gasteiger partial charge in [0.05, 0.1) is 26.4 Å². The van der Waals surface area contributed by atoms with Crippen molar-refractivity contribution in [3.05, 3.63) is 42.0 Å². The van der Waals surface area contributed by atoms with Crippen molar-refractivity contribution in [1.82, 2.24) is 0 Å². The Morgan fingerprint density at radius 1 is 0.967 bits per heavy atom. The van der Waals surface area contributed by atoms with Gasteiger partial charge in [0.1, 0.15) is 5.75 Å². The topological polar surface area (TPSA) is 46.2 Å². The van der Waals surface area contributed by atoms with Crippen molar-refractivity contribution in [2.24, 2.45) is 11.8 Å². The predicted molar refractivity (Wildman–Crippen MR) is 104 cm³/mol. The minimum atomic E-state index is -4.70. The molecule has 30 heavy (non-hydrogen) atoms. The number of rotatable bonds is 8. The zero-order valence-corrected chi connectivity index (χ0v) is 17.1. The molecule has 3 rings (SSSR count). The van der Waals surface area contributed by atoms with Crippen LogP contribution in [0.5, 0.6) is 5.75 Å². The Morgan fingerprint density at radius 3 is 2.23 bits per heavy atom. The van der Waals surface area contributed by atoms with Crippen molar-refractivity contribution < 1.29 is 36.9 Å². The number of hydrogen-bond acceptors (Lipinski definition) is 5. The van der Waals surface area contributed by atoms with Crippen molar-refractivity contribution in [3.63, 3.8) is 0 Å². The van der Waals surface area contributed by atoms with Gasteiger partial charge < -0.3 is 23.7 Å². The van der Waals surface area contributed by atoms with Crippen LogP contribution in [0.2, 0.25) is 0 Å². The van der Waals surface area contributed by atoms with Crippen LogP contribution in [-0.4, -0.2) is 39.1 Å². The first-order valence-corrected chi connectivity index (χ1v) is 10.4. The van der Waals surface area contributed by atoms with Crippen LogP contribution in [0.15, 0.2) is 36.4 Å². The standard InChI is InChI=1S/C22H29F3O5/c1-2-3-4-5-16-12-26-20(27-13-16)11-6-17-14-28-21(29-15-17)18-7-9-19(10-8-18)30-22(23,24)25/h4-5,7-10,16-17,20-21H,2-3,6,11-15H2,1H3/b5-4+. The minimum Gasteiger partial charge on any atom is -0.406 e. The normalized spacial score (nSPS) is 28.0. The Balaban J connectivity index is 1.34. The molecule has 2 heterocycles. The molecule has 0 spiro atoms. The minimum absolute atomic E-state index is 0.195. The molecule has 2 aliphatic rings. The summed E-state index contributed by atoms with van der Waals surface area (Å²) in [6.07, 6.45) is 2.71. The summed E-state index contributed by atoms with van der Waals surface area (Å²) in [6, 6.07) is 5.54. The van der Waals surface area contributed by atoms with Crippen molar-refractivity contribution in [3.8, 4) is 5.75 Å². The van der Waals surface area contributed by atoms with E-state index in [-0.39, 0.29) is 18.0 Å². The average molecular weight is 430 g/mol. The van der Waals surface area contributed by atoms with Gasteiger partial charge in [-0.25, -0.2) is 0 Å². The van der Waals surface area contributed by atoms with Crippen LogP contribution in [0.25, 0.3) is 0 Å². The molecule has 168 valence electrons. The summed E-state index contributed by atoms with van der Waals surface area (Å²) >= 11 is 0. The van der Waals surface area contributed by atoms with E-state index in [2.05, 4.69) is 23.8 Å². The van der Waals surface area contributed by atoms with Gasteiger partial charge in [-0.15, -0.1) is 13.2 Å². The van der Waals surface area contributed by atoms with Crippen LogP contribution in [0, 0.1) is 11.8 Å². The molecule has 0 aliphatic carbocycles. The van der Waals surface area contributed by atoms with Gasteiger partial charge in [0, 0.05) is 17.4 Å². The second kappa shape index (κ2) is 11.1. The van der Waals surface area contributed by atoms with Crippen LogP contribution in [0.1, 0.15) is 44.5 Å². The van der Waals surface area contributed by atoms with E-state index in [1.807, 2.05) is 0 Å². The Kier molecular flexibility index (Phi) is 8.56. The van der Waals surface area contributed by atoms with Gasteiger partial charge in [-0.1, -0.05) is 37.6 Å². The third-order valence-electron chi connectivity index (χ3n) is 5.02. The first-order valence-electron chi connectivity index (χ1n) is 10.4. The van der Waals surface area contributed by atoms with Crippen LogP contribution >= 0.6 is 0 Å². The van der Waals surface area contributed by atoms with Crippen molar-refractivity contribution in [2.75, 3.05) is 26.4 Å². The fourth-order valence-electron chi connectivity index (χ4n) is 3.39. The molecule has 2 fully saturated rings. The highest BCUT2D eigenvalue weighted by Crippen LogP contribution is 2.30. The summed E-state index contributed by atoms with van der Waals surface area (Å²) in [6.45, 7) is 4.54. The van der Waals surface area contributed by atoms with E-state index in [1.165, 1.54) is 24.3 Å². The fourth-order valence-corrected chi connectivity index (χ4v) is 3.39. The zero-order chi connectivity index (χ0) is 21.4. The van der Waals surface area contributed by atoms with E-state index in [1.54, 1.807) is 0 Å². The highest BCUT2D eigenvalue weighted by atomic mass is 19.4. The quantitative estimate of drug-likeness (QED) is 0.519. The summed E-state index contributed by atoms with van der Waals surface area (Å²) in [5.74, 6) is 0.279. The lowest BCUT2D eigenvalue weighted by molar-refractivity contribution is -0.274. The number of unbranched alkanes of at least 4 members (excludes halogenated alkanes) is 1. The summed E-state index contributed by atoms with van der Waals surface area (Å²) in [5, 5.41) is 0. The molecule has 8 heteroatoms. The molecule has 2 aliphatic heterocycles. The van der Waals surface area contributed by atoms with Crippen LogP contribution in [0.4, 0.5) is 13.2 Å². The molecular weight excluding hydrogens is 401 g/mol. The second-order valence-electron chi connectivity index (χ2n) is 7.63. The van der Waals surface area contributed by atoms with Crippen LogP contribution in [0.3, 0.4) is 0 Å². The molecule has 0 radical (unpaired) electrons. The van der Waals surface area contributed by atoms with Crippen molar-refractivity contribution >= 4 is 0 Å². The molecule has 2 saturated heterocycles. The highest BCUT2D eigenvalue weighted by molar-refractivity contribution is 5.28. The zero-order valence-electron chi connectivity index (χ0n) is 17.1. The number of ether oxygens (including phenoxy) is 5. The maximum absolute atomic E-state index is 12.2. The van der Waals surface area contributed by atoms with Crippen molar-refractivity contribution in [2.45, 2.75) is 51.5 Å². The Labute approximate surface area is 175 Å². The van der Waals surface area contributed by atoms with E-state index in [4.69, 9.17) is 18.9 Å². The SMILES string of the molecule is CCC/C=C/C1COC(CCC2COC(c3ccc(OC(F)(F)F)cc3)OC2)OC1. The summed E-state index contributed by atoms with van der Waals surface area (Å²) < 4.78 is 63.7. The Bertz CT molecular complexity index is 646. The van der Waals surface area contributed by atoms with Gasteiger partial charge in [-0.3, -0.25) is 0 Å². The van der Waals surface area contributed by atoms with Crippen LogP contribution in [-0.2, 0) is 18.9 Å².